The molecule has 1 fully saturated rings. The minimum absolute atomic E-state index is 0.0175. The van der Waals surface area contributed by atoms with Crippen molar-refractivity contribution in [2.24, 2.45) is 0 Å². The Morgan fingerprint density at radius 3 is 2.52 bits per heavy atom. The van der Waals surface area contributed by atoms with Crippen molar-refractivity contribution in [1.29, 1.82) is 0 Å². The Morgan fingerprint density at radius 1 is 1.24 bits per heavy atom. The molecule has 5 nitrogen and oxygen atoms in total. The number of aromatic nitrogens is 1. The summed E-state index contributed by atoms with van der Waals surface area (Å²) in [5.41, 5.74) is -1.32. The van der Waals surface area contributed by atoms with Crippen LogP contribution in [-0.4, -0.2) is 46.4 Å². The van der Waals surface area contributed by atoms with Crippen LogP contribution in [0.15, 0.2) is 24.4 Å². The molecule has 2 aromatic rings. The molecule has 0 radical (unpaired) electrons. The fraction of sp³-hybridized carbons (Fsp3) is 0.550. The van der Waals surface area contributed by atoms with Gasteiger partial charge in [0.15, 0.2) is 5.60 Å². The molecule has 1 aromatic carbocycles. The van der Waals surface area contributed by atoms with E-state index in [0.717, 1.165) is 14.5 Å². The lowest BCUT2D eigenvalue weighted by molar-refractivity contribution is -0.259. The zero-order chi connectivity index (χ0) is 21.2. The lowest BCUT2D eigenvalue weighted by atomic mass is 9.90. The van der Waals surface area contributed by atoms with E-state index >= 15 is 0 Å². The van der Waals surface area contributed by atoms with E-state index in [0.29, 0.717) is 31.2 Å². The van der Waals surface area contributed by atoms with Crippen LogP contribution >= 0.6 is 22.6 Å². The predicted molar refractivity (Wildman–Crippen MR) is 114 cm³/mol. The molecule has 1 saturated carbocycles. The van der Waals surface area contributed by atoms with E-state index in [1.54, 1.807) is 6.20 Å². The number of hydrogen-bond acceptors (Lipinski definition) is 3. The maximum Gasteiger partial charge on any atom is 0.418 e. The number of aliphatic hydroxyl groups is 1. The summed E-state index contributed by atoms with van der Waals surface area (Å²) in [5.74, 6) is -0.148. The Kier molecular flexibility index (Phi) is 6.79. The van der Waals surface area contributed by atoms with Gasteiger partial charge >= 0.3 is 6.18 Å². The maximum atomic E-state index is 13.0. The van der Waals surface area contributed by atoms with Gasteiger partial charge in [0.25, 0.3) is 5.91 Å². The number of rotatable bonds is 6. The number of amides is 1. The third kappa shape index (κ3) is 5.05. The summed E-state index contributed by atoms with van der Waals surface area (Å²) in [6.07, 6.45) is -0.601. The molecule has 9 heteroatoms. The van der Waals surface area contributed by atoms with Gasteiger partial charge in [-0.3, -0.25) is 4.79 Å². The Hall–Kier alpha value is -1.33. The highest BCUT2D eigenvalue weighted by atomic mass is 127. The van der Waals surface area contributed by atoms with Crippen molar-refractivity contribution in [3.8, 4) is 0 Å². The molecule has 1 atom stereocenters. The SMILES string of the molecule is CCC(O)(CNC1CCC(NC(=O)c2cc(I)cc3cc[nH]c23)CC1)C(F)(F)F. The van der Waals surface area contributed by atoms with Crippen LogP contribution in [0, 0.1) is 3.57 Å². The fourth-order valence-corrected chi connectivity index (χ4v) is 4.41. The van der Waals surface area contributed by atoms with Crippen LogP contribution in [0.5, 0.6) is 0 Å². The molecule has 29 heavy (non-hydrogen) atoms. The third-order valence-corrected chi connectivity index (χ3v) is 6.35. The highest BCUT2D eigenvalue weighted by molar-refractivity contribution is 14.1. The first-order chi connectivity index (χ1) is 13.6. The summed E-state index contributed by atoms with van der Waals surface area (Å²) in [7, 11) is 0. The van der Waals surface area contributed by atoms with E-state index < -0.39 is 24.7 Å². The molecule has 1 amide bonds. The second-order valence-electron chi connectivity index (χ2n) is 7.68. The Bertz CT molecular complexity index is 862. The number of aromatic amines is 1. The summed E-state index contributed by atoms with van der Waals surface area (Å²) in [4.78, 5) is 15.9. The Labute approximate surface area is 181 Å². The topological polar surface area (TPSA) is 77.2 Å². The smallest absolute Gasteiger partial charge is 0.379 e. The quantitative estimate of drug-likeness (QED) is 0.431. The average Bonchev–Trinajstić information content (AvgIpc) is 3.13. The van der Waals surface area contributed by atoms with Gasteiger partial charge < -0.3 is 20.7 Å². The number of benzene rings is 1. The van der Waals surface area contributed by atoms with E-state index in [9.17, 15) is 23.1 Å². The minimum atomic E-state index is -4.66. The van der Waals surface area contributed by atoms with Gasteiger partial charge in [-0.2, -0.15) is 13.2 Å². The van der Waals surface area contributed by atoms with Gasteiger partial charge in [-0.15, -0.1) is 0 Å². The van der Waals surface area contributed by atoms with Crippen LogP contribution in [0.4, 0.5) is 13.2 Å². The number of H-pyrrole nitrogens is 1. The predicted octanol–water partition coefficient (Wildman–Crippen LogP) is 4.11. The molecule has 1 unspecified atom stereocenters. The van der Waals surface area contributed by atoms with E-state index in [-0.39, 0.29) is 18.0 Å². The van der Waals surface area contributed by atoms with E-state index in [2.05, 4.69) is 38.2 Å². The van der Waals surface area contributed by atoms with Crippen molar-refractivity contribution < 1.29 is 23.1 Å². The van der Waals surface area contributed by atoms with E-state index in [1.807, 2.05) is 18.2 Å². The molecule has 1 heterocycles. The summed E-state index contributed by atoms with van der Waals surface area (Å²) < 4.78 is 40.0. The van der Waals surface area contributed by atoms with Gasteiger partial charge in [-0.25, -0.2) is 0 Å². The molecular weight excluding hydrogens is 498 g/mol. The number of carbonyl (C=O) groups excluding carboxylic acids is 1. The van der Waals surface area contributed by atoms with Crippen LogP contribution in [-0.2, 0) is 0 Å². The highest BCUT2D eigenvalue weighted by Gasteiger charge is 2.52. The molecule has 4 N–H and O–H groups in total. The van der Waals surface area contributed by atoms with Gasteiger partial charge in [-0.1, -0.05) is 6.92 Å². The molecule has 1 aliphatic carbocycles. The van der Waals surface area contributed by atoms with Gasteiger partial charge in [0.1, 0.15) is 0 Å². The number of nitrogens with one attached hydrogen (secondary N) is 3. The molecule has 0 saturated heterocycles. The van der Waals surface area contributed by atoms with Gasteiger partial charge in [-0.05, 0) is 72.9 Å². The standard InChI is InChI=1S/C20H25F3IN3O2/c1-2-19(29,20(21,22)23)11-26-14-3-5-15(6-4-14)27-18(28)16-10-13(24)9-12-7-8-25-17(12)16/h7-10,14-15,25-26,29H,2-6,11H2,1H3,(H,27,28). The van der Waals surface area contributed by atoms with Crippen molar-refractivity contribution in [1.82, 2.24) is 15.6 Å². The summed E-state index contributed by atoms with van der Waals surface area (Å²) in [6.45, 7) is 0.815. The third-order valence-electron chi connectivity index (χ3n) is 5.73. The van der Waals surface area contributed by atoms with E-state index in [4.69, 9.17) is 0 Å². The van der Waals surface area contributed by atoms with Crippen LogP contribution < -0.4 is 10.6 Å². The molecular formula is C20H25F3IN3O2. The maximum absolute atomic E-state index is 13.0. The highest BCUT2D eigenvalue weighted by Crippen LogP contribution is 2.33. The van der Waals surface area contributed by atoms with Gasteiger partial charge in [0, 0.05) is 33.8 Å². The Morgan fingerprint density at radius 2 is 1.90 bits per heavy atom. The molecule has 1 aromatic heterocycles. The minimum Gasteiger partial charge on any atom is -0.379 e. The van der Waals surface area contributed by atoms with Crippen LogP contribution in [0.2, 0.25) is 0 Å². The molecule has 0 spiro atoms. The van der Waals surface area contributed by atoms with Gasteiger partial charge in [0.05, 0.1) is 11.1 Å². The second-order valence-corrected chi connectivity index (χ2v) is 8.93. The van der Waals surface area contributed by atoms with Crippen molar-refractivity contribution in [3.05, 3.63) is 33.5 Å². The zero-order valence-corrected chi connectivity index (χ0v) is 18.2. The van der Waals surface area contributed by atoms with Crippen molar-refractivity contribution >= 4 is 39.4 Å². The van der Waals surface area contributed by atoms with E-state index in [1.165, 1.54) is 6.92 Å². The molecule has 0 bridgehead atoms. The second kappa shape index (κ2) is 8.81. The van der Waals surface area contributed by atoms with Crippen LogP contribution in [0.3, 0.4) is 0 Å². The van der Waals surface area contributed by atoms with Crippen LogP contribution in [0.1, 0.15) is 49.4 Å². The zero-order valence-electron chi connectivity index (χ0n) is 16.1. The first kappa shape index (κ1) is 22.4. The number of carbonyl (C=O) groups is 1. The molecule has 0 aliphatic heterocycles. The fourth-order valence-electron chi connectivity index (χ4n) is 3.76. The molecule has 1 aliphatic rings. The van der Waals surface area contributed by atoms with Crippen LogP contribution in [0.25, 0.3) is 10.9 Å². The molecule has 3 rings (SSSR count). The number of halogens is 4. The first-order valence-electron chi connectivity index (χ1n) is 9.73. The number of alkyl halides is 3. The number of fused-ring (bicyclic) bond motifs is 1. The summed E-state index contributed by atoms with van der Waals surface area (Å²) in [6, 6.07) is 5.64. The normalized spacial score (nSPS) is 22.4. The average molecular weight is 523 g/mol. The Balaban J connectivity index is 1.53. The monoisotopic (exact) mass is 523 g/mol. The van der Waals surface area contributed by atoms with Crippen molar-refractivity contribution in [2.75, 3.05) is 6.54 Å². The van der Waals surface area contributed by atoms with Crippen molar-refractivity contribution in [3.63, 3.8) is 0 Å². The largest absolute Gasteiger partial charge is 0.418 e. The lowest BCUT2D eigenvalue weighted by Crippen LogP contribution is -2.54. The number of hydrogen-bond donors (Lipinski definition) is 4. The molecule has 160 valence electrons. The lowest BCUT2D eigenvalue weighted by Gasteiger charge is -2.34. The van der Waals surface area contributed by atoms with Gasteiger partial charge in [0.2, 0.25) is 0 Å². The summed E-state index contributed by atoms with van der Waals surface area (Å²) in [5, 5.41) is 16.7. The summed E-state index contributed by atoms with van der Waals surface area (Å²) >= 11 is 2.18. The first-order valence-corrected chi connectivity index (χ1v) is 10.8. The van der Waals surface area contributed by atoms with Crippen molar-refractivity contribution in [2.45, 2.75) is 62.9 Å².